The molecule has 0 bridgehead atoms. The lowest BCUT2D eigenvalue weighted by atomic mass is 10.0. The van der Waals surface area contributed by atoms with Crippen LogP contribution in [0.2, 0.25) is 0 Å². The first-order chi connectivity index (χ1) is 12.7. The predicted octanol–water partition coefficient (Wildman–Crippen LogP) is 2.73. The third kappa shape index (κ3) is 5.31. The van der Waals surface area contributed by atoms with Crippen LogP contribution in [0.5, 0.6) is 0 Å². The molecule has 2 heterocycles. The lowest BCUT2D eigenvalue weighted by Gasteiger charge is -2.31. The van der Waals surface area contributed by atoms with Crippen LogP contribution in [0, 0.1) is 0 Å². The van der Waals surface area contributed by atoms with E-state index in [0.29, 0.717) is 25.9 Å². The number of amides is 2. The molecule has 2 aliphatic rings. The van der Waals surface area contributed by atoms with E-state index in [2.05, 4.69) is 34.5 Å². The fourth-order valence-electron chi connectivity index (χ4n) is 4.02. The Balaban J connectivity index is 1.55. The van der Waals surface area contributed by atoms with Crippen LogP contribution in [0.3, 0.4) is 0 Å². The van der Waals surface area contributed by atoms with Crippen molar-refractivity contribution in [1.29, 1.82) is 0 Å². The van der Waals surface area contributed by atoms with E-state index >= 15 is 0 Å². The van der Waals surface area contributed by atoms with Crippen molar-refractivity contribution in [2.45, 2.75) is 51.0 Å². The molecule has 0 aromatic heterocycles. The number of rotatable bonds is 7. The molecule has 0 aliphatic carbocycles. The van der Waals surface area contributed by atoms with E-state index in [1.165, 1.54) is 31.2 Å². The molecule has 0 spiro atoms. The quantitative estimate of drug-likeness (QED) is 0.816. The van der Waals surface area contributed by atoms with Gasteiger partial charge in [-0.25, -0.2) is 0 Å². The smallest absolute Gasteiger partial charge is 0.222 e. The molecular weight excluding hydrogens is 326 g/mol. The van der Waals surface area contributed by atoms with Gasteiger partial charge >= 0.3 is 0 Å². The highest BCUT2D eigenvalue weighted by Crippen LogP contribution is 2.23. The molecular formula is C21H31N3O2. The maximum atomic E-state index is 12.3. The van der Waals surface area contributed by atoms with E-state index in [1.54, 1.807) is 0 Å². The van der Waals surface area contributed by atoms with Crippen LogP contribution in [0.1, 0.15) is 56.6 Å². The third-order valence-corrected chi connectivity index (χ3v) is 5.54. The van der Waals surface area contributed by atoms with E-state index in [4.69, 9.17) is 0 Å². The van der Waals surface area contributed by atoms with Crippen molar-refractivity contribution in [1.82, 2.24) is 15.1 Å². The van der Waals surface area contributed by atoms with Gasteiger partial charge in [-0.3, -0.25) is 14.5 Å². The first-order valence-electron chi connectivity index (χ1n) is 10.1. The average Bonchev–Trinajstić information content (AvgIpc) is 2.90. The van der Waals surface area contributed by atoms with E-state index in [1.807, 2.05) is 11.0 Å². The van der Waals surface area contributed by atoms with Crippen LogP contribution in [0.4, 0.5) is 0 Å². The topological polar surface area (TPSA) is 52.7 Å². The molecule has 2 fully saturated rings. The van der Waals surface area contributed by atoms with E-state index in [9.17, 15) is 9.59 Å². The maximum absolute atomic E-state index is 12.3. The van der Waals surface area contributed by atoms with E-state index in [-0.39, 0.29) is 17.9 Å². The Kier molecular flexibility index (Phi) is 7.06. The van der Waals surface area contributed by atoms with Crippen LogP contribution < -0.4 is 5.32 Å². The highest BCUT2D eigenvalue weighted by atomic mass is 16.2. The molecule has 5 heteroatoms. The summed E-state index contributed by atoms with van der Waals surface area (Å²) in [6, 6.07) is 10.7. The van der Waals surface area contributed by atoms with Crippen molar-refractivity contribution in [2.75, 3.05) is 32.7 Å². The van der Waals surface area contributed by atoms with Crippen LogP contribution in [-0.2, 0) is 9.59 Å². The minimum atomic E-state index is 0.0421. The minimum Gasteiger partial charge on any atom is -0.354 e. The standard InChI is InChI=1S/C21H31N3O2/c25-20(12-16-24-15-8-11-21(24)26)22-17-19(18-9-4-3-5-10-18)23-13-6-1-2-7-14-23/h3-5,9-10,19H,1-2,6-8,11-17H2,(H,22,25)/t19-/m0/s1. The van der Waals surface area contributed by atoms with Gasteiger partial charge in [0.1, 0.15) is 0 Å². The first-order valence-corrected chi connectivity index (χ1v) is 10.1. The van der Waals surface area contributed by atoms with Gasteiger partial charge in [0.15, 0.2) is 0 Å². The van der Waals surface area contributed by atoms with Crippen molar-refractivity contribution in [3.8, 4) is 0 Å². The van der Waals surface area contributed by atoms with Gasteiger partial charge in [-0.1, -0.05) is 43.2 Å². The van der Waals surface area contributed by atoms with E-state index < -0.39 is 0 Å². The summed E-state index contributed by atoms with van der Waals surface area (Å²) < 4.78 is 0. The number of hydrogen-bond acceptors (Lipinski definition) is 3. The molecule has 3 rings (SSSR count). The Hall–Kier alpha value is -1.88. The van der Waals surface area contributed by atoms with E-state index in [0.717, 1.165) is 26.1 Å². The van der Waals surface area contributed by atoms with Crippen molar-refractivity contribution in [2.24, 2.45) is 0 Å². The number of carbonyl (C=O) groups excluding carboxylic acids is 2. The fourth-order valence-corrected chi connectivity index (χ4v) is 4.02. The molecule has 2 amide bonds. The maximum Gasteiger partial charge on any atom is 0.222 e. The second-order valence-corrected chi connectivity index (χ2v) is 7.42. The molecule has 2 saturated heterocycles. The zero-order chi connectivity index (χ0) is 18.2. The molecule has 0 unspecified atom stereocenters. The third-order valence-electron chi connectivity index (χ3n) is 5.54. The SMILES string of the molecule is O=C(CCN1CCCC1=O)NC[C@@H](c1ccccc1)N1CCCCCC1. The van der Waals surface area contributed by atoms with Crippen LogP contribution in [-0.4, -0.2) is 54.3 Å². The van der Waals surface area contributed by atoms with Crippen LogP contribution in [0.15, 0.2) is 30.3 Å². The summed E-state index contributed by atoms with van der Waals surface area (Å²) in [6.07, 6.45) is 7.01. The molecule has 5 nitrogen and oxygen atoms in total. The monoisotopic (exact) mass is 357 g/mol. The normalized spacial score (nSPS) is 20.0. The second-order valence-electron chi connectivity index (χ2n) is 7.42. The highest BCUT2D eigenvalue weighted by molar-refractivity contribution is 5.80. The Morgan fingerprint density at radius 3 is 2.38 bits per heavy atom. The second kappa shape index (κ2) is 9.72. The number of nitrogens with one attached hydrogen (secondary N) is 1. The van der Waals surface area contributed by atoms with Crippen LogP contribution in [0.25, 0.3) is 0 Å². The van der Waals surface area contributed by atoms with Gasteiger partial charge in [-0.05, 0) is 37.9 Å². The Morgan fingerprint density at radius 1 is 1.00 bits per heavy atom. The fraction of sp³-hybridized carbons (Fsp3) is 0.619. The first kappa shape index (κ1) is 18.9. The van der Waals surface area contributed by atoms with Gasteiger partial charge in [-0.15, -0.1) is 0 Å². The zero-order valence-electron chi connectivity index (χ0n) is 15.7. The molecule has 1 N–H and O–H groups in total. The van der Waals surface area contributed by atoms with Crippen molar-refractivity contribution < 1.29 is 9.59 Å². The largest absolute Gasteiger partial charge is 0.354 e. The summed E-state index contributed by atoms with van der Waals surface area (Å²) in [4.78, 5) is 28.3. The summed E-state index contributed by atoms with van der Waals surface area (Å²) in [7, 11) is 0. The van der Waals surface area contributed by atoms with Gasteiger partial charge in [0.05, 0.1) is 6.04 Å². The Labute approximate surface area is 156 Å². The number of nitrogens with zero attached hydrogens (tertiary/aromatic N) is 2. The van der Waals surface area contributed by atoms with Crippen molar-refractivity contribution in [3.63, 3.8) is 0 Å². The number of carbonyl (C=O) groups is 2. The number of benzene rings is 1. The molecule has 26 heavy (non-hydrogen) atoms. The molecule has 1 aromatic rings. The molecule has 1 aromatic carbocycles. The summed E-state index contributed by atoms with van der Waals surface area (Å²) in [5, 5.41) is 3.12. The predicted molar refractivity (Wildman–Crippen MR) is 103 cm³/mol. The minimum absolute atomic E-state index is 0.0421. The van der Waals surface area contributed by atoms with Gasteiger partial charge in [0, 0.05) is 32.5 Å². The molecule has 0 saturated carbocycles. The lowest BCUT2D eigenvalue weighted by Crippen LogP contribution is -2.39. The van der Waals surface area contributed by atoms with Gasteiger partial charge in [0.25, 0.3) is 0 Å². The summed E-state index contributed by atoms with van der Waals surface area (Å²) in [6.45, 7) is 4.17. The molecule has 2 aliphatic heterocycles. The van der Waals surface area contributed by atoms with Gasteiger partial charge in [0.2, 0.25) is 11.8 Å². The highest BCUT2D eigenvalue weighted by Gasteiger charge is 2.23. The molecule has 0 radical (unpaired) electrons. The Morgan fingerprint density at radius 2 is 1.73 bits per heavy atom. The summed E-state index contributed by atoms with van der Waals surface area (Å²) in [5.41, 5.74) is 1.27. The molecule has 1 atom stereocenters. The van der Waals surface area contributed by atoms with Crippen molar-refractivity contribution >= 4 is 11.8 Å². The number of likely N-dealkylation sites (tertiary alicyclic amines) is 2. The van der Waals surface area contributed by atoms with Gasteiger partial charge < -0.3 is 10.2 Å². The lowest BCUT2D eigenvalue weighted by molar-refractivity contribution is -0.128. The van der Waals surface area contributed by atoms with Gasteiger partial charge in [-0.2, -0.15) is 0 Å². The van der Waals surface area contributed by atoms with Crippen LogP contribution >= 0.6 is 0 Å². The molecule has 142 valence electrons. The Bertz CT molecular complexity index is 582. The summed E-state index contributed by atoms with van der Waals surface area (Å²) >= 11 is 0. The van der Waals surface area contributed by atoms with Crippen molar-refractivity contribution in [3.05, 3.63) is 35.9 Å². The summed E-state index contributed by atoms with van der Waals surface area (Å²) in [5.74, 6) is 0.227. The zero-order valence-corrected chi connectivity index (χ0v) is 15.7. The number of hydrogen-bond donors (Lipinski definition) is 1. The average molecular weight is 357 g/mol.